The van der Waals surface area contributed by atoms with E-state index in [0.29, 0.717) is 0 Å². The number of benzene rings is 9. The molecule has 0 aliphatic heterocycles. The highest BCUT2D eigenvalue weighted by Gasteiger charge is 2.20. The fourth-order valence-electron chi connectivity index (χ4n) is 9.06. The summed E-state index contributed by atoms with van der Waals surface area (Å²) in [5.74, 6) is 0. The molecule has 3 heteroatoms. The molecule has 3 aromatic heterocycles. The zero-order valence-corrected chi connectivity index (χ0v) is 31.7. The number of aromatic nitrogens is 2. The van der Waals surface area contributed by atoms with Crippen molar-refractivity contribution in [2.24, 2.45) is 0 Å². The number of hydrogen-bond donors (Lipinski definition) is 0. The van der Waals surface area contributed by atoms with Crippen molar-refractivity contribution in [3.8, 4) is 44.8 Å². The Bertz CT molecular complexity index is 3480. The van der Waals surface area contributed by atoms with E-state index < -0.39 is 0 Å². The summed E-state index contributed by atoms with van der Waals surface area (Å²) in [5.41, 5.74) is 14.5. The van der Waals surface area contributed by atoms with E-state index in [9.17, 15) is 0 Å². The largest absolute Gasteiger partial charge is 0.309 e. The van der Waals surface area contributed by atoms with Gasteiger partial charge < -0.3 is 9.13 Å². The minimum Gasteiger partial charge on any atom is -0.309 e. The summed E-state index contributed by atoms with van der Waals surface area (Å²) in [7, 11) is 0. The molecule has 12 rings (SSSR count). The zero-order valence-electron chi connectivity index (χ0n) is 30.9. The van der Waals surface area contributed by atoms with Gasteiger partial charge in [0, 0.05) is 53.1 Å². The first-order valence-corrected chi connectivity index (χ1v) is 20.3. The van der Waals surface area contributed by atoms with Gasteiger partial charge in [-0.1, -0.05) is 140 Å². The molecule has 0 atom stereocenters. The number of hydrogen-bond acceptors (Lipinski definition) is 1. The highest BCUT2D eigenvalue weighted by Crippen LogP contribution is 2.44. The minimum absolute atomic E-state index is 1.16. The van der Waals surface area contributed by atoms with Crippen molar-refractivity contribution in [3.63, 3.8) is 0 Å². The fourth-order valence-corrected chi connectivity index (χ4v) is 10.2. The van der Waals surface area contributed by atoms with Crippen molar-refractivity contribution in [3.05, 3.63) is 206 Å². The molecule has 9 aromatic carbocycles. The molecule has 266 valence electrons. The lowest BCUT2D eigenvalue weighted by atomic mass is 10.00. The molecule has 0 N–H and O–H groups in total. The van der Waals surface area contributed by atoms with Crippen molar-refractivity contribution in [2.45, 2.75) is 0 Å². The van der Waals surface area contributed by atoms with E-state index in [-0.39, 0.29) is 0 Å². The van der Waals surface area contributed by atoms with E-state index in [0.717, 1.165) is 11.4 Å². The number of thiophene rings is 1. The summed E-state index contributed by atoms with van der Waals surface area (Å²) in [4.78, 5) is 0. The lowest BCUT2D eigenvalue weighted by Gasteiger charge is -2.11. The van der Waals surface area contributed by atoms with Gasteiger partial charge in [-0.25, -0.2) is 0 Å². The van der Waals surface area contributed by atoms with Crippen LogP contribution in [0.4, 0.5) is 0 Å². The molecule has 0 radical (unpaired) electrons. The molecule has 3 heterocycles. The summed E-state index contributed by atoms with van der Waals surface area (Å²) >= 11 is 1.88. The summed E-state index contributed by atoms with van der Waals surface area (Å²) in [6.45, 7) is 0. The monoisotopic (exact) mass is 742 g/mol. The molecule has 0 amide bonds. The molecule has 0 aliphatic rings. The van der Waals surface area contributed by atoms with Gasteiger partial charge in [-0.05, 0) is 100 Å². The van der Waals surface area contributed by atoms with Crippen molar-refractivity contribution in [1.29, 1.82) is 0 Å². The lowest BCUT2D eigenvalue weighted by molar-refractivity contribution is 1.18. The van der Waals surface area contributed by atoms with Gasteiger partial charge in [0.1, 0.15) is 0 Å². The van der Waals surface area contributed by atoms with Gasteiger partial charge in [0.15, 0.2) is 0 Å². The van der Waals surface area contributed by atoms with E-state index in [1.54, 1.807) is 0 Å². The van der Waals surface area contributed by atoms with Crippen LogP contribution in [-0.2, 0) is 0 Å². The summed E-state index contributed by atoms with van der Waals surface area (Å²) in [6, 6.07) is 75.6. The van der Waals surface area contributed by atoms with Crippen LogP contribution in [-0.4, -0.2) is 9.13 Å². The molecule has 57 heavy (non-hydrogen) atoms. The Morgan fingerprint density at radius 2 is 0.754 bits per heavy atom. The molecule has 12 aromatic rings. The van der Waals surface area contributed by atoms with Crippen LogP contribution in [0.1, 0.15) is 0 Å². The third-order valence-electron chi connectivity index (χ3n) is 11.7. The van der Waals surface area contributed by atoms with Crippen molar-refractivity contribution in [1.82, 2.24) is 9.13 Å². The molecule has 0 saturated heterocycles. The number of rotatable bonds is 5. The third-order valence-corrected chi connectivity index (χ3v) is 12.9. The van der Waals surface area contributed by atoms with Crippen LogP contribution in [0.15, 0.2) is 206 Å². The Morgan fingerprint density at radius 3 is 1.40 bits per heavy atom. The normalized spacial score (nSPS) is 11.9. The average Bonchev–Trinajstić information content (AvgIpc) is 3.94. The van der Waals surface area contributed by atoms with Gasteiger partial charge in [0.05, 0.1) is 22.1 Å². The van der Waals surface area contributed by atoms with E-state index in [1.807, 2.05) is 11.3 Å². The molecule has 0 bridgehead atoms. The topological polar surface area (TPSA) is 9.86 Å². The second-order valence-electron chi connectivity index (χ2n) is 14.9. The Morgan fingerprint density at radius 1 is 0.281 bits per heavy atom. The van der Waals surface area contributed by atoms with Crippen molar-refractivity contribution in [2.75, 3.05) is 0 Å². The summed E-state index contributed by atoms with van der Waals surface area (Å²) in [5, 5.41) is 7.67. The Labute approximate surface area is 333 Å². The lowest BCUT2D eigenvalue weighted by Crippen LogP contribution is -1.94. The second kappa shape index (κ2) is 12.7. The maximum Gasteiger partial charge on any atom is 0.0634 e. The highest BCUT2D eigenvalue weighted by molar-refractivity contribution is 7.26. The van der Waals surface area contributed by atoms with Gasteiger partial charge in [-0.3, -0.25) is 0 Å². The summed E-state index contributed by atoms with van der Waals surface area (Å²) < 4.78 is 7.52. The van der Waals surface area contributed by atoms with Gasteiger partial charge in [-0.2, -0.15) is 0 Å². The number of para-hydroxylation sites is 1. The predicted octanol–water partition coefficient (Wildman–Crippen LogP) is 15.2. The van der Waals surface area contributed by atoms with Crippen molar-refractivity contribution >= 4 is 75.1 Å². The highest BCUT2D eigenvalue weighted by atomic mass is 32.1. The molecular formula is C54H34N2S. The summed E-state index contributed by atoms with van der Waals surface area (Å²) in [6.07, 6.45) is 0. The molecule has 0 aliphatic carbocycles. The van der Waals surface area contributed by atoms with Gasteiger partial charge >= 0.3 is 0 Å². The predicted molar refractivity (Wildman–Crippen MR) is 244 cm³/mol. The molecule has 0 unspecified atom stereocenters. The van der Waals surface area contributed by atoms with Gasteiger partial charge in [0.2, 0.25) is 0 Å². The smallest absolute Gasteiger partial charge is 0.0634 e. The van der Waals surface area contributed by atoms with Gasteiger partial charge in [-0.15, -0.1) is 11.3 Å². The SMILES string of the molecule is c1ccc(-c2ccc(-n3c4ccccc4c4cc(-c5ccc6c(c5)c5ccc7sc8ccccc8c7c5n6-c5ccc(-c6ccccc6)cc5)ccc43)cc2)cc1. The van der Waals surface area contributed by atoms with Gasteiger partial charge in [0.25, 0.3) is 0 Å². The maximum atomic E-state index is 2.49. The quantitative estimate of drug-likeness (QED) is 0.166. The maximum absolute atomic E-state index is 2.49. The fraction of sp³-hybridized carbons (Fsp3) is 0. The van der Waals surface area contributed by atoms with Crippen LogP contribution in [0.25, 0.3) is 109 Å². The Balaban J connectivity index is 1.04. The third kappa shape index (κ3) is 5.03. The first-order chi connectivity index (χ1) is 28.3. The standard InChI is InChI=1S/C54H34N2S/c1-3-11-35(12-4-1)37-19-25-41(26-20-37)55-48-17-9-7-15-43(48)46-33-39(23-30-49(46)55)40-24-31-50-47(34-40)44-29-32-52-53(45-16-8-10-18-51(45)57-52)54(44)56(50)42-27-21-38(22-28-42)36-13-5-2-6-14-36/h1-34H. The molecule has 2 nitrogen and oxygen atoms in total. The van der Waals surface area contributed by atoms with E-state index in [2.05, 4.69) is 215 Å². The molecule has 0 fully saturated rings. The number of nitrogens with zero attached hydrogens (tertiary/aromatic N) is 2. The van der Waals surface area contributed by atoms with Crippen LogP contribution >= 0.6 is 11.3 Å². The zero-order chi connectivity index (χ0) is 37.5. The van der Waals surface area contributed by atoms with Crippen LogP contribution in [0.2, 0.25) is 0 Å². The molecule has 0 saturated carbocycles. The van der Waals surface area contributed by atoms with Crippen LogP contribution in [0, 0.1) is 0 Å². The molecular weight excluding hydrogens is 709 g/mol. The Kier molecular flexibility index (Phi) is 7.13. The van der Waals surface area contributed by atoms with E-state index in [4.69, 9.17) is 0 Å². The van der Waals surface area contributed by atoms with E-state index >= 15 is 0 Å². The average molecular weight is 743 g/mol. The second-order valence-corrected chi connectivity index (χ2v) is 16.0. The first kappa shape index (κ1) is 32.1. The number of fused-ring (bicyclic) bond motifs is 10. The molecule has 0 spiro atoms. The van der Waals surface area contributed by atoms with E-state index in [1.165, 1.54) is 97.2 Å². The first-order valence-electron chi connectivity index (χ1n) is 19.5. The minimum atomic E-state index is 1.16. The van der Waals surface area contributed by atoms with Crippen molar-refractivity contribution < 1.29 is 0 Å². The van der Waals surface area contributed by atoms with Crippen LogP contribution < -0.4 is 0 Å². The Hall–Kier alpha value is -7.20. The van der Waals surface area contributed by atoms with Crippen LogP contribution in [0.3, 0.4) is 0 Å². The van der Waals surface area contributed by atoms with Crippen LogP contribution in [0.5, 0.6) is 0 Å².